The van der Waals surface area contributed by atoms with E-state index in [4.69, 9.17) is 4.74 Å². The molecule has 0 radical (unpaired) electrons. The highest BCUT2D eigenvalue weighted by Crippen LogP contribution is 2.22. The van der Waals surface area contributed by atoms with Crippen molar-refractivity contribution < 1.29 is 14.3 Å². The van der Waals surface area contributed by atoms with Gasteiger partial charge in [0.2, 0.25) is 5.91 Å². The predicted molar refractivity (Wildman–Crippen MR) is 140 cm³/mol. The second kappa shape index (κ2) is 11.4. The molecule has 2 aliphatic heterocycles. The molecule has 2 aromatic carbocycles. The largest absolute Gasteiger partial charge is 0.378 e. The second-order valence-corrected chi connectivity index (χ2v) is 9.22. The molecule has 5 rings (SSSR count). The normalized spacial score (nSPS) is 16.5. The molecule has 0 bridgehead atoms. The van der Waals surface area contributed by atoms with Gasteiger partial charge >= 0.3 is 0 Å². The van der Waals surface area contributed by atoms with Crippen LogP contribution in [0.1, 0.15) is 29.6 Å². The molecule has 0 aliphatic carbocycles. The minimum absolute atomic E-state index is 0.0157. The van der Waals surface area contributed by atoms with E-state index in [-0.39, 0.29) is 11.8 Å². The minimum Gasteiger partial charge on any atom is -0.378 e. The summed E-state index contributed by atoms with van der Waals surface area (Å²) in [6.07, 6.45) is 4.17. The van der Waals surface area contributed by atoms with E-state index in [0.717, 1.165) is 63.6 Å². The number of carbonyl (C=O) groups is 2. The third-order valence-corrected chi connectivity index (χ3v) is 6.70. The molecule has 0 unspecified atom stereocenters. The highest BCUT2D eigenvalue weighted by atomic mass is 16.5. The van der Waals surface area contributed by atoms with Crippen LogP contribution in [0.3, 0.4) is 0 Å². The summed E-state index contributed by atoms with van der Waals surface area (Å²) in [7, 11) is 0. The van der Waals surface area contributed by atoms with E-state index in [1.54, 1.807) is 29.1 Å². The lowest BCUT2D eigenvalue weighted by atomic mass is 9.94. The number of aromatic nitrogens is 2. The Kier molecular flexibility index (Phi) is 7.58. The Balaban J connectivity index is 1.23. The average molecular weight is 489 g/mol. The van der Waals surface area contributed by atoms with Crippen LogP contribution >= 0.6 is 0 Å². The monoisotopic (exact) mass is 488 g/mol. The zero-order chi connectivity index (χ0) is 24.7. The van der Waals surface area contributed by atoms with E-state index in [1.165, 1.54) is 0 Å². The fraction of sp³-hybridized carbons (Fsp3) is 0.370. The van der Waals surface area contributed by atoms with Crippen molar-refractivity contribution in [2.45, 2.75) is 19.3 Å². The van der Waals surface area contributed by atoms with Gasteiger partial charge in [0.25, 0.3) is 5.91 Å². The first-order valence-corrected chi connectivity index (χ1v) is 12.5. The van der Waals surface area contributed by atoms with Gasteiger partial charge in [0.1, 0.15) is 5.82 Å². The third kappa shape index (κ3) is 5.92. The fourth-order valence-corrected chi connectivity index (χ4v) is 4.70. The number of anilines is 3. The molecular formula is C27H32N6O3. The number of rotatable bonds is 7. The van der Waals surface area contributed by atoms with E-state index < -0.39 is 0 Å². The van der Waals surface area contributed by atoms with Crippen molar-refractivity contribution in [1.29, 1.82) is 0 Å². The van der Waals surface area contributed by atoms with Gasteiger partial charge in [-0.1, -0.05) is 6.07 Å². The van der Waals surface area contributed by atoms with Crippen LogP contribution in [0, 0.1) is 5.92 Å². The minimum atomic E-state index is -0.209. The van der Waals surface area contributed by atoms with Crippen molar-refractivity contribution >= 4 is 29.0 Å². The number of nitrogens with one attached hydrogen (secondary N) is 3. The first-order valence-electron chi connectivity index (χ1n) is 12.5. The molecule has 2 fully saturated rings. The standard InChI is InChI=1S/C27H32N6O3/c34-26(18-20-8-11-28-12-9-20)31-25-10-13-29-33(25)24-3-1-2-21(19-24)27(35)30-22-4-6-23(7-5-22)32-14-16-36-17-15-32/h1-7,10,13,19-20,28H,8-9,11-12,14-18H2,(H,30,35)(H,31,34). The lowest BCUT2D eigenvalue weighted by molar-refractivity contribution is -0.117. The average Bonchev–Trinajstić information content (AvgIpc) is 3.38. The zero-order valence-electron chi connectivity index (χ0n) is 20.3. The first kappa shape index (κ1) is 24.0. The molecule has 3 aromatic rings. The molecule has 0 atom stereocenters. The summed E-state index contributed by atoms with van der Waals surface area (Å²) in [5, 5.41) is 13.6. The molecule has 2 amide bonds. The SMILES string of the molecule is O=C(CC1CCNCC1)Nc1ccnn1-c1cccc(C(=O)Nc2ccc(N3CCOCC3)cc2)c1. The molecular weight excluding hydrogens is 456 g/mol. The molecule has 9 heteroatoms. The third-order valence-electron chi connectivity index (χ3n) is 6.70. The van der Waals surface area contributed by atoms with Crippen molar-refractivity contribution in [3.05, 3.63) is 66.4 Å². The smallest absolute Gasteiger partial charge is 0.255 e. The van der Waals surface area contributed by atoms with Gasteiger partial charge in [-0.2, -0.15) is 5.10 Å². The topological polar surface area (TPSA) is 101 Å². The van der Waals surface area contributed by atoms with E-state index in [0.29, 0.717) is 29.4 Å². The number of nitrogens with zero attached hydrogens (tertiary/aromatic N) is 3. The Morgan fingerprint density at radius 3 is 2.53 bits per heavy atom. The van der Waals surface area contributed by atoms with Gasteiger partial charge in [0.15, 0.2) is 0 Å². The van der Waals surface area contributed by atoms with Gasteiger partial charge in [0, 0.05) is 42.5 Å². The number of hydrogen-bond donors (Lipinski definition) is 3. The van der Waals surface area contributed by atoms with Crippen LogP contribution in [0.2, 0.25) is 0 Å². The summed E-state index contributed by atoms with van der Waals surface area (Å²) in [5.74, 6) is 0.764. The van der Waals surface area contributed by atoms with Gasteiger partial charge in [0.05, 0.1) is 25.1 Å². The molecule has 2 saturated heterocycles. The van der Waals surface area contributed by atoms with Gasteiger partial charge in [-0.3, -0.25) is 9.59 Å². The lowest BCUT2D eigenvalue weighted by Crippen LogP contribution is -2.36. The van der Waals surface area contributed by atoms with Gasteiger partial charge in [-0.25, -0.2) is 4.68 Å². The van der Waals surface area contributed by atoms with Gasteiger partial charge < -0.3 is 25.6 Å². The Morgan fingerprint density at radius 2 is 1.75 bits per heavy atom. The van der Waals surface area contributed by atoms with Crippen LogP contribution in [-0.4, -0.2) is 61.0 Å². The Morgan fingerprint density at radius 1 is 0.972 bits per heavy atom. The quantitative estimate of drug-likeness (QED) is 0.472. The highest BCUT2D eigenvalue weighted by Gasteiger charge is 2.18. The molecule has 3 heterocycles. The number of carbonyl (C=O) groups excluding carboxylic acids is 2. The van der Waals surface area contributed by atoms with Gasteiger partial charge in [-0.05, 0) is 74.3 Å². The molecule has 36 heavy (non-hydrogen) atoms. The van der Waals surface area contributed by atoms with Gasteiger partial charge in [-0.15, -0.1) is 0 Å². The highest BCUT2D eigenvalue weighted by molar-refractivity contribution is 6.04. The van der Waals surface area contributed by atoms with E-state index in [2.05, 4.69) is 25.9 Å². The zero-order valence-corrected chi connectivity index (χ0v) is 20.3. The van der Waals surface area contributed by atoms with Crippen molar-refractivity contribution in [2.24, 2.45) is 5.92 Å². The predicted octanol–water partition coefficient (Wildman–Crippen LogP) is 3.29. The Labute approximate surface area is 210 Å². The number of hydrogen-bond acceptors (Lipinski definition) is 6. The molecule has 0 saturated carbocycles. The molecule has 0 spiro atoms. The van der Waals surface area contributed by atoms with Crippen LogP contribution < -0.4 is 20.9 Å². The fourth-order valence-electron chi connectivity index (χ4n) is 4.70. The lowest BCUT2D eigenvalue weighted by Gasteiger charge is -2.28. The molecule has 9 nitrogen and oxygen atoms in total. The Hall–Kier alpha value is -3.69. The summed E-state index contributed by atoms with van der Waals surface area (Å²) in [5.41, 5.74) is 3.05. The second-order valence-electron chi connectivity index (χ2n) is 9.22. The number of morpholine rings is 1. The van der Waals surface area contributed by atoms with E-state index >= 15 is 0 Å². The number of ether oxygens (including phenoxy) is 1. The summed E-state index contributed by atoms with van der Waals surface area (Å²) < 4.78 is 7.06. The first-order chi connectivity index (χ1) is 17.7. The summed E-state index contributed by atoms with van der Waals surface area (Å²) >= 11 is 0. The van der Waals surface area contributed by atoms with Crippen LogP contribution in [-0.2, 0) is 9.53 Å². The summed E-state index contributed by atoms with van der Waals surface area (Å²) in [6, 6.07) is 16.8. The van der Waals surface area contributed by atoms with Crippen LogP contribution in [0.25, 0.3) is 5.69 Å². The van der Waals surface area contributed by atoms with Crippen LogP contribution in [0.15, 0.2) is 60.8 Å². The summed E-state index contributed by atoms with van der Waals surface area (Å²) in [6.45, 7) is 5.12. The molecule has 1 aromatic heterocycles. The number of benzene rings is 2. The van der Waals surface area contributed by atoms with Crippen molar-refractivity contribution in [1.82, 2.24) is 15.1 Å². The van der Waals surface area contributed by atoms with Crippen LogP contribution in [0.5, 0.6) is 0 Å². The van der Waals surface area contributed by atoms with Crippen molar-refractivity contribution in [3.8, 4) is 5.69 Å². The van der Waals surface area contributed by atoms with Crippen molar-refractivity contribution in [3.63, 3.8) is 0 Å². The Bertz CT molecular complexity index is 1180. The molecule has 188 valence electrons. The maximum Gasteiger partial charge on any atom is 0.255 e. The maximum atomic E-state index is 13.0. The van der Waals surface area contributed by atoms with Crippen molar-refractivity contribution in [2.75, 3.05) is 54.9 Å². The van der Waals surface area contributed by atoms with E-state index in [9.17, 15) is 9.59 Å². The number of amides is 2. The molecule has 3 N–H and O–H groups in total. The van der Waals surface area contributed by atoms with Crippen LogP contribution in [0.4, 0.5) is 17.2 Å². The maximum absolute atomic E-state index is 13.0. The summed E-state index contributed by atoms with van der Waals surface area (Å²) in [4.78, 5) is 27.9. The van der Waals surface area contributed by atoms with E-state index in [1.807, 2.05) is 36.4 Å². The number of piperidine rings is 1. The molecule has 2 aliphatic rings.